The quantitative estimate of drug-likeness (QED) is 0.696. The van der Waals surface area contributed by atoms with Crippen LogP contribution < -0.4 is 4.90 Å². The maximum Gasteiger partial charge on any atom is 0.200 e. The summed E-state index contributed by atoms with van der Waals surface area (Å²) in [6.07, 6.45) is 2.67. The van der Waals surface area contributed by atoms with Gasteiger partial charge in [-0.15, -0.1) is 10.2 Å². The van der Waals surface area contributed by atoms with Crippen LogP contribution in [0.4, 0.5) is 5.69 Å². The number of rotatable bonds is 6. The van der Waals surface area contributed by atoms with Crippen LogP contribution in [0.15, 0.2) is 18.5 Å². The highest BCUT2D eigenvalue weighted by Gasteiger charge is 2.13. The zero-order chi connectivity index (χ0) is 17.3. The Morgan fingerprint density at radius 1 is 1.17 bits per heavy atom. The average molecular weight is 327 g/mol. The predicted molar refractivity (Wildman–Crippen MR) is 94.5 cm³/mol. The van der Waals surface area contributed by atoms with Gasteiger partial charge in [-0.05, 0) is 38.3 Å². The summed E-state index contributed by atoms with van der Waals surface area (Å²) < 4.78 is 3.84. The third-order valence-corrected chi connectivity index (χ3v) is 4.24. The lowest BCUT2D eigenvalue weighted by Crippen LogP contribution is -2.22. The van der Waals surface area contributed by atoms with E-state index in [9.17, 15) is 0 Å². The molecular formula is C17H25N7. The van der Waals surface area contributed by atoms with Crippen molar-refractivity contribution < 1.29 is 0 Å². The van der Waals surface area contributed by atoms with Crippen molar-refractivity contribution >= 4 is 11.3 Å². The van der Waals surface area contributed by atoms with E-state index < -0.39 is 0 Å². The molecule has 0 saturated carbocycles. The fourth-order valence-corrected chi connectivity index (χ4v) is 2.87. The Hall–Kier alpha value is -2.44. The molecular weight excluding hydrogens is 302 g/mol. The summed E-state index contributed by atoms with van der Waals surface area (Å²) in [5, 5.41) is 17.3. The second-order valence-electron chi connectivity index (χ2n) is 6.63. The molecule has 0 amide bonds. The number of hydrogen-bond acceptors (Lipinski definition) is 5. The third-order valence-electron chi connectivity index (χ3n) is 4.24. The summed E-state index contributed by atoms with van der Waals surface area (Å²) in [4.78, 5) is 2.23. The van der Waals surface area contributed by atoms with Gasteiger partial charge in [0.2, 0.25) is 5.65 Å². The first-order valence-electron chi connectivity index (χ1n) is 8.39. The van der Waals surface area contributed by atoms with Crippen LogP contribution >= 0.6 is 0 Å². The molecule has 0 radical (unpaired) electrons. The predicted octanol–water partition coefficient (Wildman–Crippen LogP) is 2.59. The number of aromatic nitrogens is 6. The molecule has 0 unspecified atom stereocenters. The van der Waals surface area contributed by atoms with Crippen molar-refractivity contribution in [2.24, 2.45) is 0 Å². The molecule has 3 aromatic heterocycles. The first-order valence-corrected chi connectivity index (χ1v) is 8.39. The molecule has 0 aromatic carbocycles. The summed E-state index contributed by atoms with van der Waals surface area (Å²) in [5.74, 6) is 0.360. The fraction of sp³-hybridized carbons (Fsp3) is 0.529. The van der Waals surface area contributed by atoms with Gasteiger partial charge in [0.05, 0.1) is 17.1 Å². The van der Waals surface area contributed by atoms with Gasteiger partial charge < -0.3 is 4.90 Å². The van der Waals surface area contributed by atoms with Crippen LogP contribution in [-0.2, 0) is 6.54 Å². The fourth-order valence-electron chi connectivity index (χ4n) is 2.87. The maximum absolute atomic E-state index is 4.57. The van der Waals surface area contributed by atoms with Gasteiger partial charge in [-0.3, -0.25) is 4.68 Å². The Morgan fingerprint density at radius 3 is 2.62 bits per heavy atom. The van der Waals surface area contributed by atoms with E-state index in [1.54, 1.807) is 10.8 Å². The lowest BCUT2D eigenvalue weighted by atomic mass is 10.1. The number of anilines is 1. The minimum Gasteiger partial charge on any atom is -0.371 e. The van der Waals surface area contributed by atoms with Crippen LogP contribution in [0.5, 0.6) is 0 Å². The lowest BCUT2D eigenvalue weighted by molar-refractivity contribution is 0.562. The van der Waals surface area contributed by atoms with Crippen molar-refractivity contribution in [2.45, 2.75) is 46.6 Å². The van der Waals surface area contributed by atoms with Crippen molar-refractivity contribution in [3.63, 3.8) is 0 Å². The van der Waals surface area contributed by atoms with Crippen molar-refractivity contribution in [3.05, 3.63) is 35.5 Å². The molecule has 0 spiro atoms. The standard InChI is InChI=1S/C17H25N7/c1-12(2)15-10-16(17-19-18-11-24(17)21-15)22(5)7-6-8-23-14(4)9-13(3)20-23/h9-12H,6-8H2,1-5H3. The largest absolute Gasteiger partial charge is 0.371 e. The van der Waals surface area contributed by atoms with E-state index in [-0.39, 0.29) is 0 Å². The Balaban J connectivity index is 1.74. The first-order chi connectivity index (χ1) is 11.5. The molecule has 3 rings (SSSR count). The molecule has 0 aliphatic rings. The Bertz CT molecular complexity index is 831. The maximum atomic E-state index is 4.57. The van der Waals surface area contributed by atoms with Crippen molar-refractivity contribution in [1.82, 2.24) is 29.6 Å². The zero-order valence-corrected chi connectivity index (χ0v) is 15.1. The molecule has 0 atom stereocenters. The molecule has 0 N–H and O–H groups in total. The van der Waals surface area contributed by atoms with Gasteiger partial charge in [-0.25, -0.2) is 0 Å². The van der Waals surface area contributed by atoms with Crippen LogP contribution in [0.1, 0.15) is 43.3 Å². The van der Waals surface area contributed by atoms with Crippen LogP contribution in [0.25, 0.3) is 5.65 Å². The number of nitrogens with zero attached hydrogens (tertiary/aromatic N) is 7. The topological polar surface area (TPSA) is 64.1 Å². The van der Waals surface area contributed by atoms with Crippen LogP contribution in [-0.4, -0.2) is 43.2 Å². The van der Waals surface area contributed by atoms with Crippen LogP contribution in [0.3, 0.4) is 0 Å². The summed E-state index contributed by atoms with van der Waals surface area (Å²) in [7, 11) is 2.09. The van der Waals surface area contributed by atoms with Gasteiger partial charge in [0.15, 0.2) is 0 Å². The van der Waals surface area contributed by atoms with E-state index in [1.807, 2.05) is 6.92 Å². The lowest BCUT2D eigenvalue weighted by Gasteiger charge is -2.21. The molecule has 128 valence electrons. The van der Waals surface area contributed by atoms with E-state index >= 15 is 0 Å². The molecule has 3 aromatic rings. The Morgan fingerprint density at radius 2 is 1.96 bits per heavy atom. The minimum absolute atomic E-state index is 0.360. The number of hydrogen-bond donors (Lipinski definition) is 0. The van der Waals surface area contributed by atoms with Gasteiger partial charge in [-0.2, -0.15) is 14.7 Å². The van der Waals surface area contributed by atoms with Crippen molar-refractivity contribution in [2.75, 3.05) is 18.5 Å². The highest BCUT2D eigenvalue weighted by molar-refractivity contribution is 5.68. The van der Waals surface area contributed by atoms with Gasteiger partial charge in [0, 0.05) is 25.8 Å². The third kappa shape index (κ3) is 3.25. The van der Waals surface area contributed by atoms with Gasteiger partial charge in [-0.1, -0.05) is 13.8 Å². The van der Waals surface area contributed by atoms with E-state index in [2.05, 4.69) is 69.9 Å². The van der Waals surface area contributed by atoms with E-state index in [4.69, 9.17) is 0 Å². The van der Waals surface area contributed by atoms with Crippen molar-refractivity contribution in [1.29, 1.82) is 0 Å². The summed E-state index contributed by atoms with van der Waals surface area (Å²) in [5.41, 5.74) is 5.19. The smallest absolute Gasteiger partial charge is 0.200 e. The van der Waals surface area contributed by atoms with E-state index in [0.717, 1.165) is 42.2 Å². The Kier molecular flexibility index (Phi) is 4.51. The van der Waals surface area contributed by atoms with Crippen LogP contribution in [0.2, 0.25) is 0 Å². The van der Waals surface area contributed by atoms with Gasteiger partial charge >= 0.3 is 0 Å². The molecule has 3 heterocycles. The molecule has 0 aliphatic carbocycles. The average Bonchev–Trinajstić information content (AvgIpc) is 3.12. The highest BCUT2D eigenvalue weighted by Crippen LogP contribution is 2.23. The molecule has 0 aliphatic heterocycles. The summed E-state index contributed by atoms with van der Waals surface area (Å²) in [6, 6.07) is 4.24. The minimum atomic E-state index is 0.360. The normalized spacial score (nSPS) is 11.6. The molecule has 7 nitrogen and oxygen atoms in total. The second kappa shape index (κ2) is 6.59. The monoisotopic (exact) mass is 327 g/mol. The molecule has 0 bridgehead atoms. The molecule has 24 heavy (non-hydrogen) atoms. The summed E-state index contributed by atoms with van der Waals surface area (Å²) in [6.45, 7) is 10.2. The first kappa shape index (κ1) is 16.4. The highest BCUT2D eigenvalue weighted by atomic mass is 15.4. The van der Waals surface area contributed by atoms with Crippen molar-refractivity contribution in [3.8, 4) is 0 Å². The second-order valence-corrected chi connectivity index (χ2v) is 6.63. The Labute approximate surface area is 142 Å². The van der Waals surface area contributed by atoms with Crippen LogP contribution in [0, 0.1) is 13.8 Å². The molecule has 7 heteroatoms. The van der Waals surface area contributed by atoms with E-state index in [1.165, 1.54) is 5.69 Å². The zero-order valence-electron chi connectivity index (χ0n) is 15.1. The van der Waals surface area contributed by atoms with Gasteiger partial charge in [0.1, 0.15) is 6.33 Å². The number of fused-ring (bicyclic) bond motifs is 1. The SMILES string of the molecule is Cc1cc(C)n(CCCN(C)c2cc(C(C)C)nn3cnnc23)n1. The summed E-state index contributed by atoms with van der Waals surface area (Å²) >= 11 is 0. The molecule has 0 fully saturated rings. The van der Waals surface area contributed by atoms with E-state index in [0.29, 0.717) is 5.92 Å². The number of aryl methyl sites for hydroxylation is 3. The van der Waals surface area contributed by atoms with Gasteiger partial charge in [0.25, 0.3) is 0 Å². The molecule has 0 saturated heterocycles.